The Labute approximate surface area is 119 Å². The topological polar surface area (TPSA) is 29.5 Å². The molecule has 4 heteroatoms. The van der Waals surface area contributed by atoms with Crippen molar-refractivity contribution < 1.29 is 13.9 Å². The van der Waals surface area contributed by atoms with E-state index in [1.807, 2.05) is 6.07 Å². The summed E-state index contributed by atoms with van der Waals surface area (Å²) in [5, 5.41) is 0. The van der Waals surface area contributed by atoms with Crippen molar-refractivity contribution in [2.45, 2.75) is 51.7 Å². The van der Waals surface area contributed by atoms with E-state index >= 15 is 0 Å². The Morgan fingerprint density at radius 3 is 2.80 bits per heavy atom. The molecule has 1 saturated heterocycles. The smallest absolute Gasteiger partial charge is 0.340 e. The van der Waals surface area contributed by atoms with Crippen LogP contribution in [0.1, 0.15) is 49.0 Å². The maximum Gasteiger partial charge on any atom is 0.340 e. The number of hydrogen-bond donors (Lipinski definition) is 0. The highest BCUT2D eigenvalue weighted by Crippen LogP contribution is 2.28. The first-order valence-corrected chi connectivity index (χ1v) is 7.19. The first kappa shape index (κ1) is 15.0. The Morgan fingerprint density at radius 1 is 1.45 bits per heavy atom. The van der Waals surface area contributed by atoms with E-state index in [-0.39, 0.29) is 5.56 Å². The zero-order valence-electron chi connectivity index (χ0n) is 12.4. The second kappa shape index (κ2) is 6.35. The summed E-state index contributed by atoms with van der Waals surface area (Å²) in [4.78, 5) is 13.8. The van der Waals surface area contributed by atoms with Crippen LogP contribution in [0.4, 0.5) is 4.39 Å². The molecule has 0 saturated carbocycles. The van der Waals surface area contributed by atoms with Gasteiger partial charge < -0.3 is 4.74 Å². The van der Waals surface area contributed by atoms with Crippen LogP contribution in [0.5, 0.6) is 0 Å². The van der Waals surface area contributed by atoms with Crippen molar-refractivity contribution in [1.82, 2.24) is 4.90 Å². The Morgan fingerprint density at radius 2 is 2.20 bits per heavy atom. The molecule has 0 bridgehead atoms. The lowest BCUT2D eigenvalue weighted by Crippen LogP contribution is -2.33. The maximum absolute atomic E-state index is 13.9. The zero-order chi connectivity index (χ0) is 14.7. The fraction of sp³-hybridized carbons (Fsp3) is 0.562. The molecular weight excluding hydrogens is 257 g/mol. The van der Waals surface area contributed by atoms with E-state index in [0.717, 1.165) is 18.5 Å². The number of ether oxygens (including phenoxy) is 1. The molecule has 0 aliphatic carbocycles. The molecule has 110 valence electrons. The minimum atomic E-state index is -0.630. The minimum Gasteiger partial charge on any atom is -0.465 e. The van der Waals surface area contributed by atoms with Gasteiger partial charge in [-0.25, -0.2) is 9.18 Å². The third-order valence-corrected chi connectivity index (χ3v) is 4.23. The molecule has 1 fully saturated rings. The van der Waals surface area contributed by atoms with Crippen LogP contribution in [-0.2, 0) is 11.3 Å². The van der Waals surface area contributed by atoms with Gasteiger partial charge in [0.15, 0.2) is 0 Å². The van der Waals surface area contributed by atoms with E-state index in [1.54, 1.807) is 0 Å². The summed E-state index contributed by atoms with van der Waals surface area (Å²) in [6.07, 6.45) is 3.52. The van der Waals surface area contributed by atoms with Crippen molar-refractivity contribution in [2.24, 2.45) is 0 Å². The van der Waals surface area contributed by atoms with Crippen molar-refractivity contribution in [1.29, 1.82) is 0 Å². The number of carbonyl (C=O) groups is 1. The van der Waals surface area contributed by atoms with Crippen molar-refractivity contribution in [3.05, 3.63) is 35.1 Å². The standard InChI is InChI=1S/C16H22FNO2/c1-4-13-7-5-11(2)18(13)10-12-6-8-14(15(17)9-12)16(19)20-3/h6,8-9,11,13H,4-5,7,10H2,1-3H3. The summed E-state index contributed by atoms with van der Waals surface area (Å²) in [6, 6.07) is 5.88. The van der Waals surface area contributed by atoms with Gasteiger partial charge in [-0.15, -0.1) is 0 Å². The quantitative estimate of drug-likeness (QED) is 0.791. The molecule has 2 unspecified atom stereocenters. The van der Waals surface area contributed by atoms with Gasteiger partial charge in [0.1, 0.15) is 5.82 Å². The largest absolute Gasteiger partial charge is 0.465 e. The van der Waals surface area contributed by atoms with E-state index in [2.05, 4.69) is 23.5 Å². The molecule has 0 amide bonds. The molecule has 20 heavy (non-hydrogen) atoms. The molecule has 1 aromatic carbocycles. The van der Waals surface area contributed by atoms with Crippen LogP contribution in [0.2, 0.25) is 0 Å². The van der Waals surface area contributed by atoms with Crippen LogP contribution in [-0.4, -0.2) is 30.1 Å². The van der Waals surface area contributed by atoms with Crippen LogP contribution in [0.15, 0.2) is 18.2 Å². The van der Waals surface area contributed by atoms with Crippen LogP contribution < -0.4 is 0 Å². The van der Waals surface area contributed by atoms with Crippen LogP contribution in [0.25, 0.3) is 0 Å². The Bertz CT molecular complexity index is 489. The van der Waals surface area contributed by atoms with Gasteiger partial charge in [-0.2, -0.15) is 0 Å². The second-order valence-corrected chi connectivity index (χ2v) is 5.47. The average Bonchev–Trinajstić information content (AvgIpc) is 2.79. The van der Waals surface area contributed by atoms with E-state index in [4.69, 9.17) is 0 Å². The fourth-order valence-electron chi connectivity index (χ4n) is 2.99. The first-order valence-electron chi connectivity index (χ1n) is 7.19. The van der Waals surface area contributed by atoms with Gasteiger partial charge in [-0.05, 0) is 43.9 Å². The predicted octanol–water partition coefficient (Wildman–Crippen LogP) is 3.38. The summed E-state index contributed by atoms with van der Waals surface area (Å²) in [5.74, 6) is -1.13. The number of esters is 1. The highest BCUT2D eigenvalue weighted by atomic mass is 19.1. The normalized spacial score (nSPS) is 23.0. The summed E-state index contributed by atoms with van der Waals surface area (Å²) < 4.78 is 18.5. The summed E-state index contributed by atoms with van der Waals surface area (Å²) in [6.45, 7) is 5.14. The molecule has 0 aromatic heterocycles. The zero-order valence-corrected chi connectivity index (χ0v) is 12.4. The minimum absolute atomic E-state index is 0.00207. The predicted molar refractivity (Wildman–Crippen MR) is 76.1 cm³/mol. The SMILES string of the molecule is CCC1CCC(C)N1Cc1ccc(C(=O)OC)c(F)c1. The molecule has 2 atom stereocenters. The highest BCUT2D eigenvalue weighted by Gasteiger charge is 2.29. The second-order valence-electron chi connectivity index (χ2n) is 5.47. The molecule has 1 heterocycles. The Balaban J connectivity index is 2.14. The van der Waals surface area contributed by atoms with E-state index < -0.39 is 11.8 Å². The number of halogens is 1. The third-order valence-electron chi connectivity index (χ3n) is 4.23. The number of hydrogen-bond acceptors (Lipinski definition) is 3. The summed E-state index contributed by atoms with van der Waals surface area (Å²) in [5.41, 5.74) is 0.903. The van der Waals surface area contributed by atoms with Gasteiger partial charge >= 0.3 is 5.97 Å². The molecule has 1 aliphatic heterocycles. The molecule has 2 rings (SSSR count). The van der Waals surface area contributed by atoms with Crippen molar-refractivity contribution >= 4 is 5.97 Å². The van der Waals surface area contributed by atoms with Crippen LogP contribution >= 0.6 is 0 Å². The third kappa shape index (κ3) is 3.01. The molecule has 1 aromatic rings. The molecule has 3 nitrogen and oxygen atoms in total. The Kier molecular flexibility index (Phi) is 4.76. The molecule has 1 aliphatic rings. The highest BCUT2D eigenvalue weighted by molar-refractivity contribution is 5.89. The summed E-state index contributed by atoms with van der Waals surface area (Å²) >= 11 is 0. The lowest BCUT2D eigenvalue weighted by Gasteiger charge is -2.27. The average molecular weight is 279 g/mol. The fourth-order valence-corrected chi connectivity index (χ4v) is 2.99. The number of nitrogens with zero attached hydrogens (tertiary/aromatic N) is 1. The molecular formula is C16H22FNO2. The number of benzene rings is 1. The molecule has 0 spiro atoms. The Hall–Kier alpha value is -1.42. The van der Waals surface area contributed by atoms with Gasteiger partial charge in [0.05, 0.1) is 12.7 Å². The monoisotopic (exact) mass is 279 g/mol. The van der Waals surface area contributed by atoms with Gasteiger partial charge in [0, 0.05) is 18.6 Å². The number of carbonyl (C=O) groups excluding carboxylic acids is 1. The van der Waals surface area contributed by atoms with E-state index in [9.17, 15) is 9.18 Å². The van der Waals surface area contributed by atoms with Gasteiger partial charge in [-0.3, -0.25) is 4.90 Å². The first-order chi connectivity index (χ1) is 9.56. The van der Waals surface area contributed by atoms with Gasteiger partial charge in [-0.1, -0.05) is 13.0 Å². The van der Waals surface area contributed by atoms with Gasteiger partial charge in [0.25, 0.3) is 0 Å². The lowest BCUT2D eigenvalue weighted by atomic mass is 10.1. The van der Waals surface area contributed by atoms with Crippen molar-refractivity contribution in [2.75, 3.05) is 7.11 Å². The van der Waals surface area contributed by atoms with Crippen molar-refractivity contribution in [3.63, 3.8) is 0 Å². The van der Waals surface area contributed by atoms with E-state index in [1.165, 1.54) is 32.1 Å². The van der Waals surface area contributed by atoms with Crippen LogP contribution in [0, 0.1) is 5.82 Å². The number of likely N-dealkylation sites (tertiary alicyclic amines) is 1. The maximum atomic E-state index is 13.9. The van der Waals surface area contributed by atoms with Crippen LogP contribution in [0.3, 0.4) is 0 Å². The molecule has 0 radical (unpaired) electrons. The number of methoxy groups -OCH3 is 1. The molecule has 0 N–H and O–H groups in total. The van der Waals surface area contributed by atoms with E-state index in [0.29, 0.717) is 12.1 Å². The number of rotatable bonds is 4. The van der Waals surface area contributed by atoms with Crippen molar-refractivity contribution in [3.8, 4) is 0 Å². The summed E-state index contributed by atoms with van der Waals surface area (Å²) in [7, 11) is 1.26. The van der Waals surface area contributed by atoms with Gasteiger partial charge in [0.2, 0.25) is 0 Å². The lowest BCUT2D eigenvalue weighted by molar-refractivity contribution is 0.0595.